The van der Waals surface area contributed by atoms with Crippen molar-refractivity contribution in [3.8, 4) is 0 Å². The van der Waals surface area contributed by atoms with Gasteiger partial charge in [-0.3, -0.25) is 4.79 Å². The fourth-order valence-electron chi connectivity index (χ4n) is 4.45. The molecule has 1 aliphatic carbocycles. The minimum Gasteiger partial charge on any atom is -0.348 e. The van der Waals surface area contributed by atoms with Gasteiger partial charge in [-0.05, 0) is 86.4 Å². The fraction of sp³-hybridized carbons (Fsp3) is 0.435. The number of nitrogens with one attached hydrogen (secondary N) is 1. The molecule has 0 unspecified atom stereocenters. The Balaban J connectivity index is 1.49. The van der Waals surface area contributed by atoms with Crippen LogP contribution in [0.5, 0.6) is 0 Å². The Kier molecular flexibility index (Phi) is 6.19. The molecule has 160 valence electrons. The van der Waals surface area contributed by atoms with Crippen molar-refractivity contribution in [2.24, 2.45) is 0 Å². The molecule has 0 aromatic heterocycles. The summed E-state index contributed by atoms with van der Waals surface area (Å²) in [6.07, 6.45) is 5.83. The van der Waals surface area contributed by atoms with Crippen molar-refractivity contribution in [3.63, 3.8) is 0 Å². The molecular formula is C23H27ClN2O3S. The lowest BCUT2D eigenvalue weighted by atomic mass is 9.89. The van der Waals surface area contributed by atoms with Crippen LogP contribution in [0, 0.1) is 0 Å². The highest BCUT2D eigenvalue weighted by atomic mass is 35.5. The van der Waals surface area contributed by atoms with Gasteiger partial charge in [0.05, 0.1) is 10.9 Å². The van der Waals surface area contributed by atoms with Crippen LogP contribution in [-0.2, 0) is 27.7 Å². The predicted molar refractivity (Wildman–Crippen MR) is 118 cm³/mol. The van der Waals surface area contributed by atoms with E-state index in [4.69, 9.17) is 11.6 Å². The molecule has 7 heteroatoms. The first-order chi connectivity index (χ1) is 14.4. The number of halogens is 1. The highest BCUT2D eigenvalue weighted by Crippen LogP contribution is 2.28. The molecule has 2 aromatic rings. The van der Waals surface area contributed by atoms with E-state index in [1.54, 1.807) is 12.1 Å². The number of hydrogen-bond acceptors (Lipinski definition) is 3. The molecule has 1 saturated heterocycles. The van der Waals surface area contributed by atoms with Crippen molar-refractivity contribution >= 4 is 27.5 Å². The first-order valence-electron chi connectivity index (χ1n) is 10.6. The van der Waals surface area contributed by atoms with Crippen LogP contribution in [0.4, 0.5) is 0 Å². The van der Waals surface area contributed by atoms with Crippen LogP contribution in [0.3, 0.4) is 0 Å². The van der Waals surface area contributed by atoms with Crippen LogP contribution in [0.25, 0.3) is 0 Å². The minimum absolute atomic E-state index is 0.161. The molecule has 30 heavy (non-hydrogen) atoms. The molecule has 0 spiro atoms. The second-order valence-corrected chi connectivity index (χ2v) is 10.5. The summed E-state index contributed by atoms with van der Waals surface area (Å²) in [6.45, 7) is 2.30. The Morgan fingerprint density at radius 3 is 2.50 bits per heavy atom. The number of benzene rings is 2. The summed E-state index contributed by atoms with van der Waals surface area (Å²) in [5.41, 5.74) is 3.83. The number of nitrogens with zero attached hydrogens (tertiary/aromatic N) is 1. The normalized spacial score (nSPS) is 20.5. The van der Waals surface area contributed by atoms with Gasteiger partial charge in [0.15, 0.2) is 0 Å². The van der Waals surface area contributed by atoms with Gasteiger partial charge >= 0.3 is 0 Å². The minimum atomic E-state index is -3.75. The maximum Gasteiger partial charge on any atom is 0.243 e. The van der Waals surface area contributed by atoms with Crippen molar-refractivity contribution < 1.29 is 13.2 Å². The maximum atomic E-state index is 13.1. The van der Waals surface area contributed by atoms with Gasteiger partial charge in [-0.15, -0.1) is 0 Å². The molecule has 2 atom stereocenters. The lowest BCUT2D eigenvalue weighted by molar-refractivity contribution is -0.124. The SMILES string of the molecule is C[C@H](NC(=O)[C@@H]1CCCN1S(=O)(=O)c1ccc(Cl)cc1)c1ccc2c(c1)CCCC2. The number of carbonyl (C=O) groups is 1. The Hall–Kier alpha value is -1.89. The molecule has 1 N–H and O–H groups in total. The van der Waals surface area contributed by atoms with Gasteiger partial charge in [0, 0.05) is 11.6 Å². The van der Waals surface area contributed by atoms with E-state index < -0.39 is 16.1 Å². The highest BCUT2D eigenvalue weighted by molar-refractivity contribution is 7.89. The molecule has 4 rings (SSSR count). The van der Waals surface area contributed by atoms with Crippen LogP contribution in [0.15, 0.2) is 47.4 Å². The zero-order valence-electron chi connectivity index (χ0n) is 17.1. The van der Waals surface area contributed by atoms with E-state index in [1.807, 2.05) is 6.92 Å². The standard InChI is InChI=1S/C23H27ClN2O3S/c1-16(18-9-8-17-5-2-3-6-19(17)15-18)25-23(27)22-7-4-14-26(22)30(28,29)21-12-10-20(24)11-13-21/h8-13,15-16,22H,2-7,14H2,1H3,(H,25,27)/t16-,22-/m0/s1. The van der Waals surface area contributed by atoms with Crippen molar-refractivity contribution in [1.82, 2.24) is 9.62 Å². The summed E-state index contributed by atoms with van der Waals surface area (Å²) >= 11 is 5.89. The second kappa shape index (κ2) is 8.69. The maximum absolute atomic E-state index is 13.1. The van der Waals surface area contributed by atoms with Crippen molar-refractivity contribution in [1.29, 1.82) is 0 Å². The molecular weight excluding hydrogens is 420 g/mol. The molecule has 5 nitrogen and oxygen atoms in total. The van der Waals surface area contributed by atoms with Crippen molar-refractivity contribution in [3.05, 3.63) is 64.2 Å². The van der Waals surface area contributed by atoms with Gasteiger partial charge < -0.3 is 5.32 Å². The van der Waals surface area contributed by atoms with Crippen LogP contribution in [0.2, 0.25) is 5.02 Å². The molecule has 1 heterocycles. The topological polar surface area (TPSA) is 66.5 Å². The zero-order valence-corrected chi connectivity index (χ0v) is 18.7. The lowest BCUT2D eigenvalue weighted by Gasteiger charge is -2.26. The number of hydrogen-bond donors (Lipinski definition) is 1. The van der Waals surface area contributed by atoms with E-state index >= 15 is 0 Å². The first kappa shape index (κ1) is 21.3. The molecule has 0 radical (unpaired) electrons. The average Bonchev–Trinajstić information content (AvgIpc) is 3.25. The quantitative estimate of drug-likeness (QED) is 0.746. The van der Waals surface area contributed by atoms with Gasteiger partial charge in [-0.2, -0.15) is 4.31 Å². The fourth-order valence-corrected chi connectivity index (χ4v) is 6.23. The molecule has 2 aliphatic rings. The van der Waals surface area contributed by atoms with Gasteiger partial charge in [0.25, 0.3) is 0 Å². The monoisotopic (exact) mass is 446 g/mol. The molecule has 0 bridgehead atoms. The largest absolute Gasteiger partial charge is 0.348 e. The Labute approximate surface area is 183 Å². The van der Waals surface area contributed by atoms with E-state index in [-0.39, 0.29) is 16.8 Å². The third-order valence-electron chi connectivity index (χ3n) is 6.16. The average molecular weight is 447 g/mol. The first-order valence-corrected chi connectivity index (χ1v) is 12.4. The Morgan fingerprint density at radius 1 is 1.07 bits per heavy atom. The zero-order chi connectivity index (χ0) is 21.3. The third-order valence-corrected chi connectivity index (χ3v) is 8.33. The Bertz CT molecular complexity index is 1040. The van der Waals surface area contributed by atoms with Crippen molar-refractivity contribution in [2.75, 3.05) is 6.54 Å². The van der Waals surface area contributed by atoms with Gasteiger partial charge in [-0.1, -0.05) is 29.8 Å². The number of carbonyl (C=O) groups excluding carboxylic acids is 1. The number of rotatable bonds is 5. The number of aryl methyl sites for hydroxylation is 2. The van der Waals surface area contributed by atoms with E-state index in [0.717, 1.165) is 18.4 Å². The van der Waals surface area contributed by atoms with E-state index in [0.29, 0.717) is 24.4 Å². The van der Waals surface area contributed by atoms with E-state index in [1.165, 1.54) is 40.4 Å². The summed E-state index contributed by atoms with van der Waals surface area (Å²) in [7, 11) is -3.75. The van der Waals surface area contributed by atoms with Crippen molar-refractivity contribution in [2.45, 2.75) is 62.4 Å². The summed E-state index contributed by atoms with van der Waals surface area (Å²) in [4.78, 5) is 13.2. The highest BCUT2D eigenvalue weighted by Gasteiger charge is 2.39. The number of amides is 1. The summed E-state index contributed by atoms with van der Waals surface area (Å²) in [5, 5.41) is 3.52. The van der Waals surface area contributed by atoms with Crippen LogP contribution in [0.1, 0.15) is 55.3 Å². The molecule has 1 fully saturated rings. The summed E-state index contributed by atoms with van der Waals surface area (Å²) in [5.74, 6) is -0.241. The summed E-state index contributed by atoms with van der Waals surface area (Å²) < 4.78 is 27.5. The Morgan fingerprint density at radius 2 is 1.77 bits per heavy atom. The van der Waals surface area contributed by atoms with Crippen LogP contribution < -0.4 is 5.32 Å². The number of fused-ring (bicyclic) bond motifs is 1. The van der Waals surface area contributed by atoms with Gasteiger partial charge in [-0.25, -0.2) is 8.42 Å². The lowest BCUT2D eigenvalue weighted by Crippen LogP contribution is -2.46. The molecule has 2 aromatic carbocycles. The van der Waals surface area contributed by atoms with E-state index in [2.05, 4.69) is 23.5 Å². The van der Waals surface area contributed by atoms with Crippen LogP contribution in [-0.4, -0.2) is 31.2 Å². The molecule has 1 aliphatic heterocycles. The van der Waals surface area contributed by atoms with Crippen LogP contribution >= 0.6 is 11.6 Å². The summed E-state index contributed by atoms with van der Waals surface area (Å²) in [6, 6.07) is 11.6. The smallest absolute Gasteiger partial charge is 0.243 e. The molecule has 0 saturated carbocycles. The van der Waals surface area contributed by atoms with E-state index in [9.17, 15) is 13.2 Å². The van der Waals surface area contributed by atoms with Gasteiger partial charge in [0.2, 0.25) is 15.9 Å². The van der Waals surface area contributed by atoms with Gasteiger partial charge in [0.1, 0.15) is 6.04 Å². The second-order valence-electron chi connectivity index (χ2n) is 8.19. The third kappa shape index (κ3) is 4.27. The molecule has 1 amide bonds. The predicted octanol–water partition coefficient (Wildman–Crippen LogP) is 4.25. The number of sulfonamides is 1.